The predicted molar refractivity (Wildman–Crippen MR) is 89.0 cm³/mol. The summed E-state index contributed by atoms with van der Waals surface area (Å²) in [6, 6.07) is 5.89. The van der Waals surface area contributed by atoms with Gasteiger partial charge in [-0.3, -0.25) is 19.3 Å². The van der Waals surface area contributed by atoms with Gasteiger partial charge in [0.15, 0.2) is 6.61 Å². The van der Waals surface area contributed by atoms with Gasteiger partial charge in [0.1, 0.15) is 5.82 Å². The fourth-order valence-corrected chi connectivity index (χ4v) is 2.66. The second-order valence-electron chi connectivity index (χ2n) is 4.91. The molecular weight excluding hydrogens is 351 g/mol. The summed E-state index contributed by atoms with van der Waals surface area (Å²) in [5, 5.41) is 2.09. The highest BCUT2D eigenvalue weighted by Gasteiger charge is 2.29. The molecule has 1 aliphatic heterocycles. The number of hydrogen-bond acceptors (Lipinski definition) is 6. The van der Waals surface area contributed by atoms with Gasteiger partial charge in [-0.2, -0.15) is 0 Å². The summed E-state index contributed by atoms with van der Waals surface area (Å²) in [5.74, 6) is -2.03. The second kappa shape index (κ2) is 8.97. The number of ether oxygens (including phenoxy) is 1. The first-order valence-corrected chi connectivity index (χ1v) is 8.29. The number of nitrogens with zero attached hydrogens (tertiary/aromatic N) is 1. The zero-order valence-corrected chi connectivity index (χ0v) is 13.9. The first-order chi connectivity index (χ1) is 12.0. The smallest absolute Gasteiger partial charge is 0.331 e. The third kappa shape index (κ3) is 5.71. The van der Waals surface area contributed by atoms with Crippen molar-refractivity contribution in [1.82, 2.24) is 10.2 Å². The Morgan fingerprint density at radius 1 is 1.32 bits per heavy atom. The fraction of sp³-hybridized carbons (Fsp3) is 0.250. The number of imide groups is 1. The summed E-state index contributed by atoms with van der Waals surface area (Å²) in [5.41, 5.74) is 0.224. The van der Waals surface area contributed by atoms with E-state index >= 15 is 0 Å². The van der Waals surface area contributed by atoms with Crippen LogP contribution in [0, 0.1) is 5.82 Å². The van der Waals surface area contributed by atoms with Crippen molar-refractivity contribution in [2.45, 2.75) is 0 Å². The number of halogens is 1. The second-order valence-corrected chi connectivity index (χ2v) is 5.84. The Bertz CT molecular complexity index is 706. The Labute approximate surface area is 147 Å². The van der Waals surface area contributed by atoms with E-state index in [1.807, 2.05) is 0 Å². The van der Waals surface area contributed by atoms with Crippen molar-refractivity contribution in [3.63, 3.8) is 0 Å². The number of thioether (sulfide) groups is 1. The molecule has 2 rings (SSSR count). The van der Waals surface area contributed by atoms with Crippen LogP contribution in [0.4, 0.5) is 9.18 Å². The average Bonchev–Trinajstić information content (AvgIpc) is 2.91. The Hall–Kier alpha value is -2.68. The number of benzene rings is 1. The highest BCUT2D eigenvalue weighted by Crippen LogP contribution is 2.17. The van der Waals surface area contributed by atoms with Crippen molar-refractivity contribution < 1.29 is 28.3 Å². The predicted octanol–water partition coefficient (Wildman–Crippen LogP) is 1.19. The van der Waals surface area contributed by atoms with Gasteiger partial charge in [-0.05, 0) is 12.1 Å². The van der Waals surface area contributed by atoms with Crippen LogP contribution < -0.4 is 5.32 Å². The summed E-state index contributed by atoms with van der Waals surface area (Å²) in [7, 11) is 0. The Morgan fingerprint density at radius 2 is 2.08 bits per heavy atom. The van der Waals surface area contributed by atoms with E-state index in [0.717, 1.165) is 22.7 Å². The van der Waals surface area contributed by atoms with Crippen molar-refractivity contribution in [3.05, 3.63) is 41.7 Å². The monoisotopic (exact) mass is 366 g/mol. The van der Waals surface area contributed by atoms with Crippen LogP contribution >= 0.6 is 11.8 Å². The van der Waals surface area contributed by atoms with Crippen LogP contribution in [0.15, 0.2) is 30.3 Å². The van der Waals surface area contributed by atoms with Crippen LogP contribution in [0.1, 0.15) is 5.56 Å². The van der Waals surface area contributed by atoms with Gasteiger partial charge in [-0.15, -0.1) is 0 Å². The minimum absolute atomic E-state index is 0.0670. The number of hydrogen-bond donors (Lipinski definition) is 1. The van der Waals surface area contributed by atoms with E-state index in [0.29, 0.717) is 0 Å². The van der Waals surface area contributed by atoms with E-state index in [4.69, 9.17) is 4.74 Å². The zero-order valence-electron chi connectivity index (χ0n) is 13.1. The lowest BCUT2D eigenvalue weighted by molar-refractivity contribution is -0.143. The maximum Gasteiger partial charge on any atom is 0.331 e. The maximum absolute atomic E-state index is 13.4. The summed E-state index contributed by atoms with van der Waals surface area (Å²) in [4.78, 5) is 46.8. The van der Waals surface area contributed by atoms with E-state index in [2.05, 4.69) is 5.32 Å². The van der Waals surface area contributed by atoms with Crippen LogP contribution in [0.25, 0.3) is 6.08 Å². The molecule has 1 aromatic carbocycles. The molecule has 0 radical (unpaired) electrons. The molecule has 0 unspecified atom stereocenters. The van der Waals surface area contributed by atoms with Gasteiger partial charge in [0.25, 0.3) is 11.1 Å². The van der Waals surface area contributed by atoms with E-state index in [9.17, 15) is 23.6 Å². The Balaban J connectivity index is 1.67. The molecule has 0 spiro atoms. The Kier molecular flexibility index (Phi) is 6.70. The van der Waals surface area contributed by atoms with Gasteiger partial charge in [0.05, 0.1) is 5.75 Å². The lowest BCUT2D eigenvalue weighted by atomic mass is 10.2. The van der Waals surface area contributed by atoms with Crippen LogP contribution in [-0.4, -0.2) is 53.4 Å². The van der Waals surface area contributed by atoms with Gasteiger partial charge in [0.2, 0.25) is 5.91 Å². The van der Waals surface area contributed by atoms with Crippen LogP contribution in [0.5, 0.6) is 0 Å². The lowest BCUT2D eigenvalue weighted by Gasteiger charge is -2.12. The van der Waals surface area contributed by atoms with E-state index in [-0.39, 0.29) is 35.6 Å². The molecule has 1 saturated heterocycles. The third-order valence-electron chi connectivity index (χ3n) is 3.15. The molecule has 25 heavy (non-hydrogen) atoms. The fourth-order valence-electron chi connectivity index (χ4n) is 1.91. The van der Waals surface area contributed by atoms with Crippen LogP contribution in [-0.2, 0) is 19.1 Å². The number of carbonyl (C=O) groups excluding carboxylic acids is 4. The topological polar surface area (TPSA) is 92.8 Å². The van der Waals surface area contributed by atoms with Crippen molar-refractivity contribution in [2.75, 3.05) is 25.4 Å². The first kappa shape index (κ1) is 18.7. The molecule has 7 nitrogen and oxygen atoms in total. The zero-order chi connectivity index (χ0) is 18.2. The number of esters is 1. The molecule has 0 atom stereocenters. The van der Waals surface area contributed by atoms with Crippen molar-refractivity contribution in [2.24, 2.45) is 0 Å². The number of amides is 3. The molecule has 0 saturated carbocycles. The highest BCUT2D eigenvalue weighted by atomic mass is 32.2. The molecule has 132 valence electrons. The standard InChI is InChI=1S/C16H15FN2O5S/c17-12-4-2-1-3-11(12)5-6-15(22)24-9-13(20)18-7-8-19-14(21)10-25-16(19)23/h1-6H,7-10H2,(H,18,20)/b6-5+. The van der Waals surface area contributed by atoms with E-state index < -0.39 is 24.3 Å². The molecule has 9 heteroatoms. The van der Waals surface area contributed by atoms with Crippen molar-refractivity contribution in [3.8, 4) is 0 Å². The largest absolute Gasteiger partial charge is 0.452 e. The van der Waals surface area contributed by atoms with Crippen molar-refractivity contribution in [1.29, 1.82) is 0 Å². The Morgan fingerprint density at radius 3 is 2.76 bits per heavy atom. The minimum Gasteiger partial charge on any atom is -0.452 e. The molecule has 1 N–H and O–H groups in total. The highest BCUT2D eigenvalue weighted by molar-refractivity contribution is 8.14. The van der Waals surface area contributed by atoms with Gasteiger partial charge in [-0.25, -0.2) is 9.18 Å². The molecular formula is C16H15FN2O5S. The molecule has 0 aromatic heterocycles. The molecule has 1 heterocycles. The maximum atomic E-state index is 13.4. The average molecular weight is 366 g/mol. The molecule has 0 aliphatic carbocycles. The molecule has 1 aliphatic rings. The normalized spacial score (nSPS) is 14.2. The molecule has 1 aromatic rings. The van der Waals surface area contributed by atoms with Crippen LogP contribution in [0.3, 0.4) is 0 Å². The summed E-state index contributed by atoms with van der Waals surface area (Å²) >= 11 is 0.912. The SMILES string of the molecule is O=C(COC(=O)/C=C/c1ccccc1F)NCCN1C(=O)CSC1=O. The van der Waals surface area contributed by atoms with Gasteiger partial charge in [0, 0.05) is 24.7 Å². The number of carbonyl (C=O) groups is 4. The van der Waals surface area contributed by atoms with Gasteiger partial charge >= 0.3 is 5.97 Å². The summed E-state index contributed by atoms with van der Waals surface area (Å²) in [6.07, 6.45) is 2.27. The molecule has 1 fully saturated rings. The minimum atomic E-state index is -0.792. The summed E-state index contributed by atoms with van der Waals surface area (Å²) < 4.78 is 18.1. The quantitative estimate of drug-likeness (QED) is 0.576. The van der Waals surface area contributed by atoms with Gasteiger partial charge < -0.3 is 10.1 Å². The number of nitrogens with one attached hydrogen (secondary N) is 1. The van der Waals surface area contributed by atoms with E-state index in [1.54, 1.807) is 6.07 Å². The lowest BCUT2D eigenvalue weighted by Crippen LogP contribution is -2.38. The van der Waals surface area contributed by atoms with Gasteiger partial charge in [-0.1, -0.05) is 30.0 Å². The first-order valence-electron chi connectivity index (χ1n) is 7.30. The summed E-state index contributed by atoms with van der Waals surface area (Å²) in [6.45, 7) is -0.381. The number of rotatable bonds is 7. The van der Waals surface area contributed by atoms with Crippen molar-refractivity contribution >= 4 is 40.9 Å². The van der Waals surface area contributed by atoms with E-state index in [1.165, 1.54) is 24.3 Å². The molecule has 3 amide bonds. The van der Waals surface area contributed by atoms with Crippen LogP contribution in [0.2, 0.25) is 0 Å². The molecule has 0 bridgehead atoms. The third-order valence-corrected chi connectivity index (χ3v) is 4.01.